The highest BCUT2D eigenvalue weighted by Gasteiger charge is 2.06. The van der Waals surface area contributed by atoms with E-state index in [-0.39, 0.29) is 5.91 Å². The number of hydrogen-bond acceptors (Lipinski definition) is 6. The molecule has 1 heterocycles. The van der Waals surface area contributed by atoms with Gasteiger partial charge in [0.1, 0.15) is 0 Å². The molecule has 1 aromatic heterocycles. The van der Waals surface area contributed by atoms with Crippen molar-refractivity contribution >= 4 is 11.9 Å². The lowest BCUT2D eigenvalue weighted by Crippen LogP contribution is -2.27. The number of nitrogens with one attached hydrogen (secondary N) is 2. The molecular weight excluding hydrogens is 248 g/mol. The molecule has 0 unspecified atom stereocenters. The van der Waals surface area contributed by atoms with Crippen LogP contribution < -0.4 is 10.6 Å². The second-order valence-electron chi connectivity index (χ2n) is 3.82. The van der Waals surface area contributed by atoms with Crippen LogP contribution in [0, 0.1) is 0 Å². The van der Waals surface area contributed by atoms with Crippen LogP contribution in [0.25, 0.3) is 0 Å². The number of carbonyl (C=O) groups excluding carboxylic acids is 1. The average Bonchev–Trinajstić information content (AvgIpc) is 2.44. The normalized spacial score (nSPS) is 10.2. The fourth-order valence-corrected chi connectivity index (χ4v) is 1.32. The Hall–Kier alpha value is -1.73. The third-order valence-electron chi connectivity index (χ3n) is 2.31. The molecule has 2 N–H and O–H groups in total. The van der Waals surface area contributed by atoms with Gasteiger partial charge in [0, 0.05) is 46.3 Å². The van der Waals surface area contributed by atoms with Crippen LogP contribution in [0.4, 0.5) is 5.95 Å². The second-order valence-corrected chi connectivity index (χ2v) is 3.82. The minimum Gasteiger partial charge on any atom is -0.385 e. The molecule has 19 heavy (non-hydrogen) atoms. The van der Waals surface area contributed by atoms with Gasteiger partial charge in [-0.1, -0.05) is 0 Å². The van der Waals surface area contributed by atoms with E-state index in [1.807, 2.05) is 0 Å². The van der Waals surface area contributed by atoms with Gasteiger partial charge in [-0.3, -0.25) is 4.79 Å². The van der Waals surface area contributed by atoms with Crippen molar-refractivity contribution < 1.29 is 14.3 Å². The molecule has 0 fully saturated rings. The van der Waals surface area contributed by atoms with Crippen LogP contribution in [-0.4, -0.2) is 56.4 Å². The van der Waals surface area contributed by atoms with Crippen LogP contribution >= 0.6 is 0 Å². The first-order chi connectivity index (χ1) is 9.27. The van der Waals surface area contributed by atoms with Gasteiger partial charge in [-0.2, -0.15) is 0 Å². The minimum atomic E-state index is -0.206. The molecule has 0 bridgehead atoms. The summed E-state index contributed by atoms with van der Waals surface area (Å²) in [7, 11) is 3.24. The van der Waals surface area contributed by atoms with E-state index in [2.05, 4.69) is 20.6 Å². The number of amides is 1. The molecule has 0 aliphatic heterocycles. The zero-order chi connectivity index (χ0) is 13.9. The predicted molar refractivity (Wildman–Crippen MR) is 71.2 cm³/mol. The van der Waals surface area contributed by atoms with E-state index >= 15 is 0 Å². The largest absolute Gasteiger partial charge is 0.385 e. The summed E-state index contributed by atoms with van der Waals surface area (Å²) in [6.07, 6.45) is 3.86. The van der Waals surface area contributed by atoms with E-state index in [1.165, 1.54) is 12.4 Å². The van der Waals surface area contributed by atoms with E-state index in [4.69, 9.17) is 9.47 Å². The van der Waals surface area contributed by atoms with E-state index in [1.54, 1.807) is 14.2 Å². The van der Waals surface area contributed by atoms with Crippen molar-refractivity contribution in [2.45, 2.75) is 6.42 Å². The summed E-state index contributed by atoms with van der Waals surface area (Å²) >= 11 is 0. The van der Waals surface area contributed by atoms with Crippen LogP contribution in [0.15, 0.2) is 12.4 Å². The van der Waals surface area contributed by atoms with Crippen molar-refractivity contribution in [2.24, 2.45) is 0 Å². The summed E-state index contributed by atoms with van der Waals surface area (Å²) in [5.74, 6) is 0.299. The van der Waals surface area contributed by atoms with Gasteiger partial charge in [-0.25, -0.2) is 9.97 Å². The van der Waals surface area contributed by atoms with Crippen molar-refractivity contribution in [1.82, 2.24) is 15.3 Å². The van der Waals surface area contributed by atoms with Crippen molar-refractivity contribution in [3.05, 3.63) is 18.0 Å². The van der Waals surface area contributed by atoms with Gasteiger partial charge in [0.15, 0.2) is 0 Å². The topological polar surface area (TPSA) is 85.4 Å². The molecule has 106 valence electrons. The molecule has 0 aromatic carbocycles. The minimum absolute atomic E-state index is 0.206. The van der Waals surface area contributed by atoms with Gasteiger partial charge >= 0.3 is 0 Å². The molecule has 1 rings (SSSR count). The summed E-state index contributed by atoms with van der Waals surface area (Å²) in [6.45, 7) is 2.36. The molecule has 7 heteroatoms. The predicted octanol–water partition coefficient (Wildman–Crippen LogP) is 0.301. The smallest absolute Gasteiger partial charge is 0.254 e. The molecular formula is C12H20N4O3. The molecule has 7 nitrogen and oxygen atoms in total. The molecule has 1 aromatic rings. The molecule has 0 radical (unpaired) electrons. The number of hydrogen-bond donors (Lipinski definition) is 2. The first-order valence-electron chi connectivity index (χ1n) is 6.10. The number of nitrogens with zero attached hydrogens (tertiary/aromatic N) is 2. The van der Waals surface area contributed by atoms with Gasteiger partial charge in [0.2, 0.25) is 5.95 Å². The van der Waals surface area contributed by atoms with Gasteiger partial charge in [0.05, 0.1) is 12.2 Å². The van der Waals surface area contributed by atoms with Crippen LogP contribution in [0.5, 0.6) is 0 Å². The lowest BCUT2D eigenvalue weighted by molar-refractivity contribution is 0.0936. The van der Waals surface area contributed by atoms with Crippen LogP contribution in [0.2, 0.25) is 0 Å². The fraction of sp³-hybridized carbons (Fsp3) is 0.583. The summed E-state index contributed by atoms with van der Waals surface area (Å²) < 4.78 is 9.78. The lowest BCUT2D eigenvalue weighted by Gasteiger charge is -2.06. The molecule has 0 saturated carbocycles. The van der Waals surface area contributed by atoms with E-state index in [9.17, 15) is 4.79 Å². The Morgan fingerprint density at radius 3 is 2.47 bits per heavy atom. The zero-order valence-electron chi connectivity index (χ0n) is 11.3. The molecule has 0 atom stereocenters. The van der Waals surface area contributed by atoms with Crippen LogP contribution in [0.3, 0.4) is 0 Å². The van der Waals surface area contributed by atoms with E-state index in [0.29, 0.717) is 31.3 Å². The summed E-state index contributed by atoms with van der Waals surface area (Å²) in [4.78, 5) is 19.8. The Morgan fingerprint density at radius 2 is 1.84 bits per heavy atom. The number of carbonyl (C=O) groups is 1. The Morgan fingerprint density at radius 1 is 1.16 bits per heavy atom. The summed E-state index contributed by atoms with van der Waals surface area (Å²) in [5, 5.41) is 5.74. The molecule has 0 saturated heterocycles. The summed E-state index contributed by atoms with van der Waals surface area (Å²) in [6, 6.07) is 0. The van der Waals surface area contributed by atoms with Gasteiger partial charge in [0.25, 0.3) is 5.91 Å². The summed E-state index contributed by atoms with van der Waals surface area (Å²) in [5.41, 5.74) is 0.429. The van der Waals surface area contributed by atoms with Crippen molar-refractivity contribution in [2.75, 3.05) is 45.8 Å². The van der Waals surface area contributed by atoms with Crippen molar-refractivity contribution in [3.63, 3.8) is 0 Å². The molecule has 0 aliphatic rings. The van der Waals surface area contributed by atoms with Crippen molar-refractivity contribution in [3.8, 4) is 0 Å². The van der Waals surface area contributed by atoms with Crippen LogP contribution in [-0.2, 0) is 9.47 Å². The Balaban J connectivity index is 2.36. The quantitative estimate of drug-likeness (QED) is 0.627. The lowest BCUT2D eigenvalue weighted by atomic mass is 10.3. The highest BCUT2D eigenvalue weighted by molar-refractivity contribution is 5.93. The molecule has 0 aliphatic carbocycles. The maximum absolute atomic E-state index is 11.6. The average molecular weight is 268 g/mol. The van der Waals surface area contributed by atoms with Gasteiger partial charge in [-0.05, 0) is 6.42 Å². The van der Waals surface area contributed by atoms with E-state index < -0.39 is 0 Å². The highest BCUT2D eigenvalue weighted by atomic mass is 16.5. The van der Waals surface area contributed by atoms with Crippen molar-refractivity contribution in [1.29, 1.82) is 0 Å². The maximum atomic E-state index is 11.6. The number of aromatic nitrogens is 2. The first kappa shape index (κ1) is 15.3. The fourth-order valence-electron chi connectivity index (χ4n) is 1.32. The third kappa shape index (κ3) is 6.12. The Kier molecular flexibility index (Phi) is 7.45. The first-order valence-corrected chi connectivity index (χ1v) is 6.10. The SMILES string of the molecule is COCCCNc1ncc(C(=O)NCCOC)cn1. The standard InChI is InChI=1S/C12H20N4O3/c1-18-6-3-4-14-12-15-8-10(9-16-12)11(17)13-5-7-19-2/h8-9H,3-7H2,1-2H3,(H,13,17)(H,14,15,16). The van der Waals surface area contributed by atoms with Gasteiger partial charge < -0.3 is 20.1 Å². The Bertz CT molecular complexity index is 370. The highest BCUT2D eigenvalue weighted by Crippen LogP contribution is 2.00. The number of methoxy groups -OCH3 is 2. The number of anilines is 1. The number of ether oxygens (including phenoxy) is 2. The molecule has 0 spiro atoms. The zero-order valence-corrected chi connectivity index (χ0v) is 11.3. The van der Waals surface area contributed by atoms with Gasteiger partial charge in [-0.15, -0.1) is 0 Å². The third-order valence-corrected chi connectivity index (χ3v) is 2.31. The van der Waals surface area contributed by atoms with E-state index in [0.717, 1.165) is 13.0 Å². The monoisotopic (exact) mass is 268 g/mol. The second kappa shape index (κ2) is 9.23. The van der Waals surface area contributed by atoms with Crippen LogP contribution in [0.1, 0.15) is 16.8 Å². The Labute approximate surface area is 112 Å². The maximum Gasteiger partial charge on any atom is 0.254 e. The number of rotatable bonds is 9. The molecule has 1 amide bonds.